The number of hydrogen-bond donors (Lipinski definition) is 1. The summed E-state index contributed by atoms with van der Waals surface area (Å²) in [5, 5.41) is 3.36. The minimum absolute atomic E-state index is 0.0335. The molecule has 0 radical (unpaired) electrons. The van der Waals surface area contributed by atoms with Crippen LogP contribution in [0.2, 0.25) is 10.0 Å². The molecule has 0 saturated heterocycles. The summed E-state index contributed by atoms with van der Waals surface area (Å²) in [7, 11) is 0. The summed E-state index contributed by atoms with van der Waals surface area (Å²) in [6.07, 6.45) is 0. The summed E-state index contributed by atoms with van der Waals surface area (Å²) in [6.45, 7) is 2.86. The maximum atomic E-state index is 13.0. The SMILES string of the molecule is Cc1ccc(Cl)c(NC(=O)COC(=O)c2cccc3c(=O)c(C)c(-c4ccccc4)oc23)c1Cl. The molecule has 1 aromatic heterocycles. The number of aryl methyl sites for hydroxylation is 1. The summed E-state index contributed by atoms with van der Waals surface area (Å²) in [5.74, 6) is -1.07. The molecular weight excluding hydrogens is 477 g/mol. The molecule has 34 heavy (non-hydrogen) atoms. The van der Waals surface area contributed by atoms with Crippen molar-refractivity contribution >= 4 is 51.7 Å². The van der Waals surface area contributed by atoms with Crippen molar-refractivity contribution in [2.24, 2.45) is 0 Å². The second-order valence-electron chi connectivity index (χ2n) is 7.61. The number of halogens is 2. The minimum Gasteiger partial charge on any atom is -0.455 e. The Kier molecular flexibility index (Phi) is 6.72. The van der Waals surface area contributed by atoms with Crippen LogP contribution in [0, 0.1) is 13.8 Å². The maximum absolute atomic E-state index is 13.0. The fourth-order valence-corrected chi connectivity index (χ4v) is 3.96. The van der Waals surface area contributed by atoms with Gasteiger partial charge in [0.15, 0.2) is 17.6 Å². The molecular formula is C26H19Cl2NO5. The quantitative estimate of drug-likeness (QED) is 0.334. The number of ether oxygens (including phenoxy) is 1. The molecule has 0 aliphatic carbocycles. The highest BCUT2D eigenvalue weighted by Gasteiger charge is 2.20. The normalized spacial score (nSPS) is 10.8. The number of fused-ring (bicyclic) bond motifs is 1. The molecule has 1 N–H and O–H groups in total. The number of hydrogen-bond acceptors (Lipinski definition) is 5. The van der Waals surface area contributed by atoms with Crippen molar-refractivity contribution in [1.29, 1.82) is 0 Å². The number of anilines is 1. The summed E-state index contributed by atoms with van der Waals surface area (Å²) in [5.41, 5.74) is 1.97. The number of carbonyl (C=O) groups is 2. The summed E-state index contributed by atoms with van der Waals surface area (Å²) in [6, 6.07) is 17.1. The van der Waals surface area contributed by atoms with Crippen LogP contribution in [0.25, 0.3) is 22.3 Å². The van der Waals surface area contributed by atoms with Gasteiger partial charge >= 0.3 is 5.97 Å². The monoisotopic (exact) mass is 495 g/mol. The van der Waals surface area contributed by atoms with E-state index in [1.165, 1.54) is 6.07 Å². The van der Waals surface area contributed by atoms with Gasteiger partial charge in [-0.3, -0.25) is 9.59 Å². The molecule has 4 rings (SSSR count). The molecule has 0 saturated carbocycles. The van der Waals surface area contributed by atoms with Gasteiger partial charge in [0.2, 0.25) is 0 Å². The lowest BCUT2D eigenvalue weighted by Gasteiger charge is -2.12. The molecule has 6 nitrogen and oxygen atoms in total. The summed E-state index contributed by atoms with van der Waals surface area (Å²) in [4.78, 5) is 38.2. The van der Waals surface area contributed by atoms with Crippen molar-refractivity contribution in [2.75, 3.05) is 11.9 Å². The van der Waals surface area contributed by atoms with Crippen LogP contribution in [-0.2, 0) is 9.53 Å². The van der Waals surface area contributed by atoms with E-state index in [4.69, 9.17) is 32.4 Å². The third-order valence-electron chi connectivity index (χ3n) is 5.28. The Morgan fingerprint density at radius 1 is 0.971 bits per heavy atom. The van der Waals surface area contributed by atoms with E-state index in [0.29, 0.717) is 21.9 Å². The first kappa shape index (κ1) is 23.5. The van der Waals surface area contributed by atoms with Gasteiger partial charge < -0.3 is 14.5 Å². The summed E-state index contributed by atoms with van der Waals surface area (Å²) < 4.78 is 11.2. The third kappa shape index (κ3) is 4.55. The zero-order valence-electron chi connectivity index (χ0n) is 18.3. The van der Waals surface area contributed by atoms with Crippen LogP contribution in [0.15, 0.2) is 69.9 Å². The largest absolute Gasteiger partial charge is 0.455 e. The van der Waals surface area contributed by atoms with Crippen molar-refractivity contribution < 1.29 is 18.7 Å². The maximum Gasteiger partial charge on any atom is 0.342 e. The lowest BCUT2D eigenvalue weighted by atomic mass is 10.0. The van der Waals surface area contributed by atoms with Gasteiger partial charge in [0.25, 0.3) is 5.91 Å². The Morgan fingerprint density at radius 3 is 2.44 bits per heavy atom. The first-order chi connectivity index (χ1) is 16.3. The first-order valence-corrected chi connectivity index (χ1v) is 11.1. The van der Waals surface area contributed by atoms with E-state index < -0.39 is 18.5 Å². The molecule has 0 spiro atoms. The van der Waals surface area contributed by atoms with Crippen molar-refractivity contribution in [3.63, 3.8) is 0 Å². The smallest absolute Gasteiger partial charge is 0.342 e. The Labute approximate surface area is 205 Å². The van der Waals surface area contributed by atoms with Gasteiger partial charge in [0.05, 0.1) is 21.1 Å². The van der Waals surface area contributed by atoms with E-state index in [0.717, 1.165) is 5.56 Å². The molecule has 4 aromatic rings. The highest BCUT2D eigenvalue weighted by Crippen LogP contribution is 2.33. The number of rotatable bonds is 5. The molecule has 0 aliphatic rings. The molecule has 0 unspecified atom stereocenters. The predicted molar refractivity (Wildman–Crippen MR) is 133 cm³/mol. The molecule has 3 aromatic carbocycles. The highest BCUT2D eigenvalue weighted by molar-refractivity contribution is 6.40. The summed E-state index contributed by atoms with van der Waals surface area (Å²) >= 11 is 12.3. The standard InChI is InChI=1S/C26H19Cl2NO5/c1-14-11-12-19(27)22(21(14)28)29-20(30)13-33-26(32)18-10-6-9-17-23(31)15(2)24(34-25(17)18)16-7-4-3-5-8-16/h3-12H,13H2,1-2H3,(H,29,30). The van der Waals surface area contributed by atoms with Gasteiger partial charge in [-0.25, -0.2) is 4.79 Å². The lowest BCUT2D eigenvalue weighted by molar-refractivity contribution is -0.119. The fourth-order valence-electron chi connectivity index (χ4n) is 3.49. The molecule has 0 aliphatic heterocycles. The highest BCUT2D eigenvalue weighted by atomic mass is 35.5. The second-order valence-corrected chi connectivity index (χ2v) is 8.40. The fraction of sp³-hybridized carbons (Fsp3) is 0.115. The lowest BCUT2D eigenvalue weighted by Crippen LogP contribution is -2.21. The van der Waals surface area contributed by atoms with E-state index in [1.54, 1.807) is 38.1 Å². The molecule has 172 valence electrons. The predicted octanol–water partition coefficient (Wildman–Crippen LogP) is 6.18. The van der Waals surface area contributed by atoms with Crippen LogP contribution in [0.4, 0.5) is 5.69 Å². The van der Waals surface area contributed by atoms with Crippen molar-refractivity contribution in [3.8, 4) is 11.3 Å². The van der Waals surface area contributed by atoms with E-state index >= 15 is 0 Å². The number of esters is 1. The van der Waals surface area contributed by atoms with Crippen LogP contribution < -0.4 is 10.7 Å². The number of carbonyl (C=O) groups excluding carboxylic acids is 2. The Hall–Kier alpha value is -3.61. The van der Waals surface area contributed by atoms with Gasteiger partial charge in [-0.05, 0) is 37.6 Å². The van der Waals surface area contributed by atoms with Crippen molar-refractivity contribution in [3.05, 3.63) is 97.6 Å². The van der Waals surface area contributed by atoms with Gasteiger partial charge in [-0.2, -0.15) is 0 Å². The third-order valence-corrected chi connectivity index (χ3v) is 6.09. The van der Waals surface area contributed by atoms with Gasteiger partial charge in [0.1, 0.15) is 11.3 Å². The zero-order valence-corrected chi connectivity index (χ0v) is 19.8. The van der Waals surface area contributed by atoms with Crippen LogP contribution in [0.3, 0.4) is 0 Å². The Balaban J connectivity index is 1.61. The van der Waals surface area contributed by atoms with E-state index in [2.05, 4.69) is 5.32 Å². The average Bonchev–Trinajstić information content (AvgIpc) is 2.85. The van der Waals surface area contributed by atoms with Gasteiger partial charge in [-0.15, -0.1) is 0 Å². The van der Waals surface area contributed by atoms with Gasteiger partial charge in [-0.1, -0.05) is 65.7 Å². The Bertz CT molecular complexity index is 1480. The second kappa shape index (κ2) is 9.71. The number of para-hydroxylation sites is 1. The van der Waals surface area contributed by atoms with E-state index in [-0.39, 0.29) is 32.7 Å². The first-order valence-electron chi connectivity index (χ1n) is 10.3. The van der Waals surface area contributed by atoms with Crippen molar-refractivity contribution in [1.82, 2.24) is 0 Å². The molecule has 8 heteroatoms. The molecule has 1 heterocycles. The van der Waals surface area contributed by atoms with Crippen LogP contribution in [-0.4, -0.2) is 18.5 Å². The molecule has 0 atom stereocenters. The van der Waals surface area contributed by atoms with Crippen LogP contribution >= 0.6 is 23.2 Å². The van der Waals surface area contributed by atoms with E-state index in [9.17, 15) is 14.4 Å². The van der Waals surface area contributed by atoms with Crippen molar-refractivity contribution in [2.45, 2.75) is 13.8 Å². The molecule has 0 bridgehead atoms. The van der Waals surface area contributed by atoms with Crippen LogP contribution in [0.1, 0.15) is 21.5 Å². The average molecular weight is 496 g/mol. The Morgan fingerprint density at radius 2 is 1.71 bits per heavy atom. The molecule has 0 fully saturated rings. The molecule has 1 amide bonds. The minimum atomic E-state index is -0.812. The number of benzene rings is 3. The number of amides is 1. The van der Waals surface area contributed by atoms with Crippen LogP contribution in [0.5, 0.6) is 0 Å². The zero-order chi connectivity index (χ0) is 24.4. The number of nitrogens with one attached hydrogen (secondary N) is 1. The van der Waals surface area contributed by atoms with Gasteiger partial charge in [0, 0.05) is 11.1 Å². The van der Waals surface area contributed by atoms with E-state index in [1.807, 2.05) is 30.3 Å². The topological polar surface area (TPSA) is 85.6 Å².